The fourth-order valence-electron chi connectivity index (χ4n) is 7.51. The van der Waals surface area contributed by atoms with E-state index in [1.54, 1.807) is 4.90 Å². The number of amides is 3. The van der Waals surface area contributed by atoms with Gasteiger partial charge < -0.3 is 24.5 Å². The highest BCUT2D eigenvalue weighted by Gasteiger charge is 2.72. The fourth-order valence-corrected chi connectivity index (χ4v) is 7.51. The lowest BCUT2D eigenvalue weighted by Crippen LogP contribution is -2.60. The monoisotopic (exact) mass is 513 g/mol. The number of hydrogen-bond acceptors (Lipinski definition) is 5. The van der Waals surface area contributed by atoms with Crippen molar-refractivity contribution in [1.82, 2.24) is 14.7 Å². The molecule has 0 aromatic carbocycles. The van der Waals surface area contributed by atoms with E-state index in [1.807, 2.05) is 54.9 Å². The van der Waals surface area contributed by atoms with Crippen LogP contribution in [0.15, 0.2) is 24.3 Å². The molecule has 1 saturated carbocycles. The molecule has 2 saturated heterocycles. The summed E-state index contributed by atoms with van der Waals surface area (Å²) >= 11 is 0. The Hall–Kier alpha value is -2.19. The van der Waals surface area contributed by atoms with E-state index in [4.69, 9.17) is 4.74 Å². The first-order valence-corrected chi connectivity index (χ1v) is 14.4. The van der Waals surface area contributed by atoms with E-state index in [2.05, 4.69) is 0 Å². The number of carbonyl (C=O) groups excluding carboxylic acids is 3. The van der Waals surface area contributed by atoms with E-state index < -0.39 is 35.6 Å². The fraction of sp³-hybridized carbons (Fsp3) is 0.759. The standard InChI is InChI=1S/C29H43N3O5/c1-4-15-30-16-9-13-22-23(26(30)34)24-27(35)32(21(18-33)19(3)5-2)25-28(36)31(20-11-7-6-8-12-20)17-10-14-29(24,25)37-22/h9-10,13-14,19-25,33H,4-8,11-12,15-18H2,1-3H3/t19-,21-,22+,23-,24-,25?,29-/m0/s1. The normalized spacial score (nSPS) is 35.8. The second kappa shape index (κ2) is 10.5. The highest BCUT2D eigenvalue weighted by molar-refractivity contribution is 6.00. The molecule has 1 N–H and O–H groups in total. The Balaban J connectivity index is 1.61. The molecule has 1 unspecified atom stereocenters. The van der Waals surface area contributed by atoms with Gasteiger partial charge in [0.2, 0.25) is 17.7 Å². The smallest absolute Gasteiger partial charge is 0.249 e. The van der Waals surface area contributed by atoms with Crippen molar-refractivity contribution in [3.8, 4) is 0 Å². The van der Waals surface area contributed by atoms with E-state index in [9.17, 15) is 19.5 Å². The molecule has 3 fully saturated rings. The molecule has 4 aliphatic heterocycles. The summed E-state index contributed by atoms with van der Waals surface area (Å²) < 4.78 is 6.74. The molecule has 1 spiro atoms. The summed E-state index contributed by atoms with van der Waals surface area (Å²) in [6, 6.07) is -1.26. The van der Waals surface area contributed by atoms with Gasteiger partial charge in [-0.2, -0.15) is 0 Å². The number of ether oxygens (including phenoxy) is 1. The average molecular weight is 514 g/mol. The van der Waals surface area contributed by atoms with Gasteiger partial charge in [-0.05, 0) is 25.2 Å². The summed E-state index contributed by atoms with van der Waals surface area (Å²) in [7, 11) is 0. The van der Waals surface area contributed by atoms with Crippen molar-refractivity contribution >= 4 is 17.7 Å². The first kappa shape index (κ1) is 26.4. The first-order chi connectivity index (χ1) is 17.9. The molecular formula is C29H43N3O5. The highest BCUT2D eigenvalue weighted by Crippen LogP contribution is 2.54. The molecule has 0 aromatic rings. The Kier molecular flexibility index (Phi) is 7.51. The van der Waals surface area contributed by atoms with Gasteiger partial charge in [0.05, 0.1) is 30.6 Å². The summed E-state index contributed by atoms with van der Waals surface area (Å²) in [5, 5.41) is 10.5. The number of rotatable bonds is 7. The molecule has 37 heavy (non-hydrogen) atoms. The first-order valence-electron chi connectivity index (χ1n) is 14.4. The van der Waals surface area contributed by atoms with Gasteiger partial charge in [-0.3, -0.25) is 14.4 Å². The minimum Gasteiger partial charge on any atom is -0.394 e. The molecule has 5 aliphatic rings. The van der Waals surface area contributed by atoms with Gasteiger partial charge in [-0.1, -0.05) is 70.8 Å². The molecule has 5 rings (SSSR count). The Morgan fingerprint density at radius 1 is 1.05 bits per heavy atom. The molecule has 204 valence electrons. The van der Waals surface area contributed by atoms with Crippen molar-refractivity contribution in [2.75, 3.05) is 26.2 Å². The number of aliphatic hydroxyl groups excluding tert-OH is 1. The largest absolute Gasteiger partial charge is 0.394 e. The van der Waals surface area contributed by atoms with Gasteiger partial charge in [0.1, 0.15) is 11.6 Å². The van der Waals surface area contributed by atoms with Crippen molar-refractivity contribution in [3.63, 3.8) is 0 Å². The second-order valence-electron chi connectivity index (χ2n) is 11.6. The maximum atomic E-state index is 14.5. The summed E-state index contributed by atoms with van der Waals surface area (Å²) in [6.45, 7) is 7.44. The van der Waals surface area contributed by atoms with Gasteiger partial charge in [-0.25, -0.2) is 0 Å². The number of carbonyl (C=O) groups is 3. The van der Waals surface area contributed by atoms with Crippen LogP contribution in [0, 0.1) is 17.8 Å². The maximum Gasteiger partial charge on any atom is 0.249 e. The third-order valence-electron chi connectivity index (χ3n) is 9.57. The molecule has 1 aliphatic carbocycles. The lowest BCUT2D eigenvalue weighted by Gasteiger charge is -2.42. The summed E-state index contributed by atoms with van der Waals surface area (Å²) in [5.41, 5.74) is -1.22. The topological polar surface area (TPSA) is 90.4 Å². The molecule has 8 nitrogen and oxygen atoms in total. The van der Waals surface area contributed by atoms with Crippen LogP contribution >= 0.6 is 0 Å². The van der Waals surface area contributed by atoms with E-state index in [0.29, 0.717) is 19.6 Å². The molecule has 4 heterocycles. The third-order valence-corrected chi connectivity index (χ3v) is 9.57. The molecular weight excluding hydrogens is 470 g/mol. The van der Waals surface area contributed by atoms with Crippen LogP contribution in [0.2, 0.25) is 0 Å². The van der Waals surface area contributed by atoms with Gasteiger partial charge in [0, 0.05) is 25.7 Å². The number of aliphatic hydroxyl groups is 1. The van der Waals surface area contributed by atoms with Crippen LogP contribution in [0.25, 0.3) is 0 Å². The molecule has 0 radical (unpaired) electrons. The van der Waals surface area contributed by atoms with Crippen LogP contribution in [0.3, 0.4) is 0 Å². The Morgan fingerprint density at radius 2 is 1.81 bits per heavy atom. The van der Waals surface area contributed by atoms with Crippen molar-refractivity contribution in [1.29, 1.82) is 0 Å². The van der Waals surface area contributed by atoms with Crippen molar-refractivity contribution in [2.45, 2.75) is 95.5 Å². The predicted octanol–water partition coefficient (Wildman–Crippen LogP) is 2.51. The SMILES string of the molecule is CCCN1CC=C[C@H]2O[C@]34C=CCN(C5CCCCC5)C(=O)C3N([C@@H](CO)[C@@H](C)CC)C(=O)[C@@H]4[C@H]2C1=O. The van der Waals surface area contributed by atoms with E-state index in [0.717, 1.165) is 38.5 Å². The maximum absolute atomic E-state index is 14.5. The van der Waals surface area contributed by atoms with Crippen molar-refractivity contribution in [2.24, 2.45) is 17.8 Å². The summed E-state index contributed by atoms with van der Waals surface area (Å²) in [5.74, 6) is -1.90. The number of likely N-dealkylation sites (tertiary alicyclic amines) is 1. The Bertz CT molecular complexity index is 959. The lowest BCUT2D eigenvalue weighted by molar-refractivity contribution is -0.154. The van der Waals surface area contributed by atoms with E-state index in [-0.39, 0.29) is 36.3 Å². The van der Waals surface area contributed by atoms with Crippen LogP contribution < -0.4 is 0 Å². The summed E-state index contributed by atoms with van der Waals surface area (Å²) in [4.78, 5) is 48.2. The number of fused-ring (bicyclic) bond motifs is 2. The van der Waals surface area contributed by atoms with Crippen LogP contribution in [0.4, 0.5) is 0 Å². The van der Waals surface area contributed by atoms with Crippen LogP contribution in [-0.2, 0) is 19.1 Å². The zero-order chi connectivity index (χ0) is 26.3. The minimum absolute atomic E-state index is 0.00916. The molecule has 7 atom stereocenters. The van der Waals surface area contributed by atoms with Crippen molar-refractivity contribution < 1.29 is 24.2 Å². The zero-order valence-electron chi connectivity index (χ0n) is 22.6. The minimum atomic E-state index is -1.22. The predicted molar refractivity (Wildman–Crippen MR) is 139 cm³/mol. The number of nitrogens with zero attached hydrogens (tertiary/aromatic N) is 3. The van der Waals surface area contributed by atoms with E-state index >= 15 is 0 Å². The van der Waals surface area contributed by atoms with Gasteiger partial charge in [0.15, 0.2) is 0 Å². The second-order valence-corrected chi connectivity index (χ2v) is 11.6. The lowest BCUT2D eigenvalue weighted by atomic mass is 9.77. The van der Waals surface area contributed by atoms with Gasteiger partial charge in [-0.15, -0.1) is 0 Å². The van der Waals surface area contributed by atoms with Gasteiger partial charge >= 0.3 is 0 Å². The number of hydrogen-bond donors (Lipinski definition) is 1. The van der Waals surface area contributed by atoms with E-state index in [1.165, 1.54) is 6.42 Å². The molecule has 0 aromatic heterocycles. The Morgan fingerprint density at radius 3 is 2.49 bits per heavy atom. The highest BCUT2D eigenvalue weighted by atomic mass is 16.5. The average Bonchev–Trinajstić information content (AvgIpc) is 3.22. The summed E-state index contributed by atoms with van der Waals surface area (Å²) in [6.07, 6.45) is 14.1. The van der Waals surface area contributed by atoms with Crippen molar-refractivity contribution in [3.05, 3.63) is 24.3 Å². The van der Waals surface area contributed by atoms with Crippen LogP contribution in [0.1, 0.15) is 65.7 Å². The zero-order valence-corrected chi connectivity index (χ0v) is 22.6. The molecule has 3 amide bonds. The third kappa shape index (κ3) is 4.15. The van der Waals surface area contributed by atoms with Gasteiger partial charge in [0.25, 0.3) is 0 Å². The Labute approximate surface area is 220 Å². The molecule has 0 bridgehead atoms. The quantitative estimate of drug-likeness (QED) is 0.529. The van der Waals surface area contributed by atoms with Crippen LogP contribution in [0.5, 0.6) is 0 Å². The molecule has 8 heteroatoms. The van der Waals surface area contributed by atoms with Crippen LogP contribution in [-0.4, -0.2) is 93.6 Å².